The molecule has 170 valence electrons. The number of rotatable bonds is 4. The van der Waals surface area contributed by atoms with Crippen molar-refractivity contribution in [2.75, 3.05) is 31.9 Å². The van der Waals surface area contributed by atoms with E-state index in [0.717, 1.165) is 55.6 Å². The fraction of sp³-hybridized carbons (Fsp3) is 0.333. The van der Waals surface area contributed by atoms with E-state index in [0.29, 0.717) is 29.2 Å². The molecule has 2 aromatic carbocycles. The van der Waals surface area contributed by atoms with Gasteiger partial charge in [-0.25, -0.2) is 4.98 Å². The van der Waals surface area contributed by atoms with E-state index in [4.69, 9.17) is 5.73 Å². The van der Waals surface area contributed by atoms with E-state index in [9.17, 15) is 9.18 Å². The number of nitrogen functional groups attached to an aromatic ring is 1. The van der Waals surface area contributed by atoms with Crippen LogP contribution in [0.3, 0.4) is 0 Å². The number of aromatic nitrogens is 1. The fourth-order valence-corrected chi connectivity index (χ4v) is 5.05. The van der Waals surface area contributed by atoms with Gasteiger partial charge in [-0.15, -0.1) is 0 Å². The van der Waals surface area contributed by atoms with Crippen LogP contribution >= 0.6 is 0 Å². The van der Waals surface area contributed by atoms with Crippen molar-refractivity contribution in [3.63, 3.8) is 0 Å². The summed E-state index contributed by atoms with van der Waals surface area (Å²) in [6.45, 7) is 6.19. The van der Waals surface area contributed by atoms with E-state index in [1.54, 1.807) is 12.1 Å². The summed E-state index contributed by atoms with van der Waals surface area (Å²) in [6, 6.07) is 15.6. The van der Waals surface area contributed by atoms with E-state index in [2.05, 4.69) is 34.3 Å². The molecule has 1 fully saturated rings. The second-order valence-electron chi connectivity index (χ2n) is 8.97. The lowest BCUT2D eigenvalue weighted by Crippen LogP contribution is -2.32. The number of halogens is 1. The first-order valence-corrected chi connectivity index (χ1v) is 11.7. The molecule has 0 bridgehead atoms. The molecule has 0 aliphatic carbocycles. The number of nitrogens with two attached hydrogens (primary N) is 1. The third-order valence-corrected chi connectivity index (χ3v) is 7.07. The van der Waals surface area contributed by atoms with Crippen molar-refractivity contribution in [2.45, 2.75) is 32.1 Å². The second kappa shape index (κ2) is 8.94. The van der Waals surface area contributed by atoms with Crippen LogP contribution in [0.2, 0.25) is 0 Å². The molecule has 3 aromatic rings. The molecular formula is C27H29FN4O. The summed E-state index contributed by atoms with van der Waals surface area (Å²) in [5.74, 6) is 0.0713. The minimum atomic E-state index is -0.572. The Kier molecular flexibility index (Phi) is 5.85. The number of hydrogen-bond acceptors (Lipinski definition) is 4. The zero-order chi connectivity index (χ0) is 22.9. The number of likely N-dealkylation sites (tertiary alicyclic amines) is 1. The normalized spacial score (nSPS) is 17.0. The number of hydrogen-bond donors (Lipinski definition) is 2. The Morgan fingerprint density at radius 2 is 1.76 bits per heavy atom. The lowest BCUT2D eigenvalue weighted by molar-refractivity contribution is 0.0946. The Labute approximate surface area is 193 Å². The molecule has 0 unspecified atom stereocenters. The molecule has 2 aliphatic rings. The van der Waals surface area contributed by atoms with E-state index in [1.807, 2.05) is 24.3 Å². The van der Waals surface area contributed by atoms with Crippen LogP contribution in [0.5, 0.6) is 0 Å². The van der Waals surface area contributed by atoms with Gasteiger partial charge in [-0.05, 0) is 79.2 Å². The summed E-state index contributed by atoms with van der Waals surface area (Å²) in [5, 5.41) is 2.85. The van der Waals surface area contributed by atoms with Gasteiger partial charge in [0.1, 0.15) is 5.82 Å². The largest absolute Gasteiger partial charge is 0.383 e. The SMILES string of the molecule is CCN1CCC(c2ccc(-c3cc(-c4ccc5c(c4)CCNC5=O)c(N)nc3F)cc2)CC1. The number of benzene rings is 2. The van der Waals surface area contributed by atoms with Crippen LogP contribution in [0.25, 0.3) is 22.3 Å². The average Bonchev–Trinajstić information content (AvgIpc) is 2.84. The summed E-state index contributed by atoms with van der Waals surface area (Å²) in [7, 11) is 0. The van der Waals surface area contributed by atoms with Gasteiger partial charge in [0.2, 0.25) is 5.95 Å². The van der Waals surface area contributed by atoms with E-state index in [-0.39, 0.29) is 11.7 Å². The Morgan fingerprint density at radius 1 is 1.03 bits per heavy atom. The number of nitrogens with zero attached hydrogens (tertiary/aromatic N) is 2. The molecule has 6 heteroatoms. The number of nitrogens with one attached hydrogen (secondary N) is 1. The van der Waals surface area contributed by atoms with Crippen molar-refractivity contribution >= 4 is 11.7 Å². The smallest absolute Gasteiger partial charge is 0.251 e. The zero-order valence-electron chi connectivity index (χ0n) is 18.9. The Hall–Kier alpha value is -3.25. The van der Waals surface area contributed by atoms with Crippen molar-refractivity contribution in [1.29, 1.82) is 0 Å². The molecule has 2 aliphatic heterocycles. The van der Waals surface area contributed by atoms with Crippen LogP contribution in [-0.4, -0.2) is 42.0 Å². The highest BCUT2D eigenvalue weighted by atomic mass is 19.1. The number of carbonyl (C=O) groups is 1. The summed E-state index contributed by atoms with van der Waals surface area (Å²) < 4.78 is 14.8. The molecule has 5 nitrogen and oxygen atoms in total. The van der Waals surface area contributed by atoms with Gasteiger partial charge in [-0.2, -0.15) is 4.39 Å². The highest BCUT2D eigenvalue weighted by molar-refractivity contribution is 5.97. The Bertz CT molecular complexity index is 1180. The zero-order valence-corrected chi connectivity index (χ0v) is 18.9. The Morgan fingerprint density at radius 3 is 2.48 bits per heavy atom. The lowest BCUT2D eigenvalue weighted by Gasteiger charge is -2.31. The lowest BCUT2D eigenvalue weighted by atomic mass is 9.88. The van der Waals surface area contributed by atoms with Crippen LogP contribution < -0.4 is 11.1 Å². The van der Waals surface area contributed by atoms with Gasteiger partial charge in [0.25, 0.3) is 5.91 Å². The number of fused-ring (bicyclic) bond motifs is 1. The third kappa shape index (κ3) is 4.23. The number of amides is 1. The first-order valence-electron chi connectivity index (χ1n) is 11.7. The van der Waals surface area contributed by atoms with Gasteiger partial charge >= 0.3 is 0 Å². The monoisotopic (exact) mass is 444 g/mol. The minimum Gasteiger partial charge on any atom is -0.383 e. The van der Waals surface area contributed by atoms with Crippen molar-refractivity contribution in [2.24, 2.45) is 0 Å². The van der Waals surface area contributed by atoms with E-state index in [1.165, 1.54) is 5.56 Å². The van der Waals surface area contributed by atoms with Crippen molar-refractivity contribution in [3.05, 3.63) is 71.2 Å². The summed E-state index contributed by atoms with van der Waals surface area (Å²) >= 11 is 0. The number of piperidine rings is 1. The number of pyridine rings is 1. The quantitative estimate of drug-likeness (QED) is 0.576. The first kappa shape index (κ1) is 21.6. The van der Waals surface area contributed by atoms with Crippen LogP contribution in [0.1, 0.15) is 47.2 Å². The maximum Gasteiger partial charge on any atom is 0.251 e. The number of carbonyl (C=O) groups excluding carboxylic acids is 1. The maximum atomic E-state index is 14.8. The van der Waals surface area contributed by atoms with Crippen molar-refractivity contribution in [3.8, 4) is 22.3 Å². The summed E-state index contributed by atoms with van der Waals surface area (Å²) in [4.78, 5) is 18.5. The highest BCUT2D eigenvalue weighted by Gasteiger charge is 2.21. The molecule has 5 rings (SSSR count). The molecule has 1 amide bonds. The Balaban J connectivity index is 1.44. The number of anilines is 1. The maximum absolute atomic E-state index is 14.8. The van der Waals surface area contributed by atoms with Gasteiger partial charge in [-0.1, -0.05) is 43.3 Å². The molecule has 0 saturated carbocycles. The first-order chi connectivity index (χ1) is 16.0. The van der Waals surface area contributed by atoms with E-state index < -0.39 is 5.95 Å². The van der Waals surface area contributed by atoms with Gasteiger partial charge < -0.3 is 16.0 Å². The molecular weight excluding hydrogens is 415 g/mol. The van der Waals surface area contributed by atoms with Gasteiger partial charge in [-0.3, -0.25) is 4.79 Å². The molecule has 3 heterocycles. The second-order valence-corrected chi connectivity index (χ2v) is 8.97. The molecule has 0 radical (unpaired) electrons. The highest BCUT2D eigenvalue weighted by Crippen LogP contribution is 2.34. The predicted molar refractivity (Wildman–Crippen MR) is 130 cm³/mol. The summed E-state index contributed by atoms with van der Waals surface area (Å²) in [5.41, 5.74) is 11.8. The summed E-state index contributed by atoms with van der Waals surface area (Å²) in [6.07, 6.45) is 3.08. The molecule has 33 heavy (non-hydrogen) atoms. The van der Waals surface area contributed by atoms with Crippen LogP contribution in [-0.2, 0) is 6.42 Å². The molecule has 1 aromatic heterocycles. The van der Waals surface area contributed by atoms with Gasteiger partial charge in [0.05, 0.1) is 0 Å². The van der Waals surface area contributed by atoms with E-state index >= 15 is 0 Å². The third-order valence-electron chi connectivity index (χ3n) is 7.07. The van der Waals surface area contributed by atoms with Crippen LogP contribution in [0, 0.1) is 5.95 Å². The minimum absolute atomic E-state index is 0.0610. The van der Waals surface area contributed by atoms with Gasteiger partial charge in [0.15, 0.2) is 0 Å². The van der Waals surface area contributed by atoms with Crippen LogP contribution in [0.4, 0.5) is 10.2 Å². The molecule has 1 saturated heterocycles. The molecule has 0 spiro atoms. The molecule has 0 atom stereocenters. The topological polar surface area (TPSA) is 71.2 Å². The van der Waals surface area contributed by atoms with Crippen molar-refractivity contribution < 1.29 is 9.18 Å². The van der Waals surface area contributed by atoms with Crippen molar-refractivity contribution in [1.82, 2.24) is 15.2 Å². The molecule has 3 N–H and O–H groups in total. The predicted octanol–water partition coefficient (Wildman–Crippen LogP) is 4.62. The van der Waals surface area contributed by atoms with Crippen LogP contribution in [0.15, 0.2) is 48.5 Å². The standard InChI is InChI=1S/C27H29FN4O/c1-2-32-13-10-18(11-14-32)17-3-5-19(6-4-17)23-16-24(26(29)31-25(23)28)20-7-8-22-21(15-20)9-12-30-27(22)33/h3-8,15-16,18H,2,9-14H2,1H3,(H2,29,31)(H,30,33). The fourth-order valence-electron chi connectivity index (χ4n) is 5.05. The van der Waals surface area contributed by atoms with Gasteiger partial charge in [0, 0.05) is 23.2 Å². The average molecular weight is 445 g/mol.